The summed E-state index contributed by atoms with van der Waals surface area (Å²) in [6.07, 6.45) is 9.22. The fourth-order valence-corrected chi connectivity index (χ4v) is 3.91. The second-order valence-electron chi connectivity index (χ2n) is 8.56. The number of benzene rings is 1. The van der Waals surface area contributed by atoms with Gasteiger partial charge < -0.3 is 29.8 Å². The molecule has 0 aromatic heterocycles. The smallest absolute Gasteiger partial charge is 0.342 e. The van der Waals surface area contributed by atoms with Crippen LogP contribution in [0.1, 0.15) is 54.9 Å². The molecule has 34 heavy (non-hydrogen) atoms. The first-order valence-corrected chi connectivity index (χ1v) is 11.6. The van der Waals surface area contributed by atoms with Crippen molar-refractivity contribution in [2.45, 2.75) is 57.7 Å². The van der Waals surface area contributed by atoms with Crippen LogP contribution in [-0.4, -0.2) is 69.7 Å². The number of cyclic esters (lactones) is 1. The Morgan fingerprint density at radius 1 is 1.18 bits per heavy atom. The fourth-order valence-electron chi connectivity index (χ4n) is 3.91. The van der Waals surface area contributed by atoms with Crippen LogP contribution in [0.2, 0.25) is 0 Å². The molecule has 0 saturated carbocycles. The molecule has 0 aliphatic carbocycles. The molecule has 0 spiro atoms. The topological polar surface area (TPSA) is 129 Å². The number of aliphatic hydroxyl groups excluding tert-OH is 1. The number of allylic oxidation sites excluding steroid dienone is 1. The number of carbonyl (C=O) groups excluding carboxylic acids is 2. The highest BCUT2D eigenvalue weighted by Gasteiger charge is 2.22. The molecule has 3 N–H and O–H groups in total. The number of carbonyl (C=O) groups is 2. The van der Waals surface area contributed by atoms with Crippen molar-refractivity contribution in [2.75, 3.05) is 19.7 Å². The van der Waals surface area contributed by atoms with Crippen LogP contribution in [-0.2, 0) is 20.8 Å². The van der Waals surface area contributed by atoms with Gasteiger partial charge in [0.05, 0.1) is 11.8 Å². The summed E-state index contributed by atoms with van der Waals surface area (Å²) in [5.41, 5.74) is 0.556. The Balaban J connectivity index is 1.86. The lowest BCUT2D eigenvalue weighted by Crippen LogP contribution is -2.37. The maximum absolute atomic E-state index is 12.8. The summed E-state index contributed by atoms with van der Waals surface area (Å²) in [6.45, 7) is 2.89. The number of phenols is 2. The first-order chi connectivity index (χ1) is 16.3. The summed E-state index contributed by atoms with van der Waals surface area (Å²) in [5.74, 6) is -1.52. The summed E-state index contributed by atoms with van der Waals surface area (Å²) in [4.78, 5) is 32.2. The molecule has 2 aliphatic rings. The van der Waals surface area contributed by atoms with Crippen molar-refractivity contribution in [1.82, 2.24) is 4.90 Å². The molecule has 9 heteroatoms. The van der Waals surface area contributed by atoms with Gasteiger partial charge in [-0.3, -0.25) is 4.79 Å². The van der Waals surface area contributed by atoms with Crippen molar-refractivity contribution in [3.05, 3.63) is 47.6 Å². The molecular weight excluding hydrogens is 440 g/mol. The second-order valence-corrected chi connectivity index (χ2v) is 8.56. The second kappa shape index (κ2) is 12.2. The van der Waals surface area contributed by atoms with Gasteiger partial charge in [0.25, 0.3) is 5.91 Å². The molecule has 3 rings (SSSR count). The van der Waals surface area contributed by atoms with Crippen LogP contribution >= 0.6 is 0 Å². The number of rotatable bonds is 3. The van der Waals surface area contributed by atoms with Crippen molar-refractivity contribution >= 4 is 17.6 Å². The van der Waals surface area contributed by atoms with E-state index >= 15 is 0 Å². The highest BCUT2D eigenvalue weighted by atomic mass is 16.6. The maximum Gasteiger partial charge on any atom is 0.342 e. The molecule has 1 aromatic carbocycles. The van der Waals surface area contributed by atoms with Crippen LogP contribution in [0.4, 0.5) is 0 Å². The Morgan fingerprint density at radius 3 is 2.71 bits per heavy atom. The molecule has 2 aliphatic heterocycles. The van der Waals surface area contributed by atoms with Gasteiger partial charge in [0.1, 0.15) is 23.2 Å². The van der Waals surface area contributed by atoms with Crippen molar-refractivity contribution in [3.63, 3.8) is 0 Å². The summed E-state index contributed by atoms with van der Waals surface area (Å²) in [6, 6.07) is 2.43. The molecule has 0 bridgehead atoms. The largest absolute Gasteiger partial charge is 0.508 e. The molecule has 1 aromatic rings. The van der Waals surface area contributed by atoms with E-state index in [1.165, 1.54) is 6.07 Å². The van der Waals surface area contributed by atoms with Gasteiger partial charge in [-0.1, -0.05) is 23.4 Å². The van der Waals surface area contributed by atoms with E-state index in [0.29, 0.717) is 31.6 Å². The predicted molar refractivity (Wildman–Crippen MR) is 126 cm³/mol. The number of oxime groups is 1. The number of aromatic hydroxyl groups is 2. The zero-order valence-corrected chi connectivity index (χ0v) is 19.4. The highest BCUT2D eigenvalue weighted by Crippen LogP contribution is 2.29. The lowest BCUT2D eigenvalue weighted by Gasteiger charge is -2.26. The van der Waals surface area contributed by atoms with Gasteiger partial charge in [0.2, 0.25) is 0 Å². The van der Waals surface area contributed by atoms with Crippen LogP contribution in [0.25, 0.3) is 0 Å². The van der Waals surface area contributed by atoms with Crippen LogP contribution < -0.4 is 0 Å². The third-order valence-electron chi connectivity index (χ3n) is 5.66. The van der Waals surface area contributed by atoms with E-state index in [0.717, 1.165) is 25.3 Å². The molecule has 2 atom stereocenters. The molecule has 0 radical (unpaired) electrons. The maximum atomic E-state index is 12.8. The van der Waals surface area contributed by atoms with Crippen LogP contribution in [0, 0.1) is 0 Å². The number of hydrogen-bond acceptors (Lipinski definition) is 8. The third-order valence-corrected chi connectivity index (χ3v) is 5.66. The molecule has 1 amide bonds. The van der Waals surface area contributed by atoms with Crippen molar-refractivity contribution in [3.8, 4) is 11.5 Å². The van der Waals surface area contributed by atoms with E-state index in [-0.39, 0.29) is 35.8 Å². The van der Waals surface area contributed by atoms with Gasteiger partial charge in [-0.15, -0.1) is 0 Å². The standard InChI is InChI=1S/C25H32N2O7/c1-17-7-5-9-20(28)10-6-8-19(26-33-16-23(31)27-11-3-2-4-12-27)13-18-14-21(29)15-22(30)24(18)25(32)34-17/h5-6,8-9,14-15,17,20,28-30H,2-4,7,10-13,16H2,1H3. The fraction of sp³-hybridized carbons (Fsp3) is 0.480. The summed E-state index contributed by atoms with van der Waals surface area (Å²) in [7, 11) is 0. The number of ether oxygens (including phenoxy) is 1. The number of hydrogen-bond donors (Lipinski definition) is 3. The first-order valence-electron chi connectivity index (χ1n) is 11.6. The number of piperidine rings is 1. The highest BCUT2D eigenvalue weighted by molar-refractivity contribution is 6.00. The van der Waals surface area contributed by atoms with E-state index in [1.54, 1.807) is 36.1 Å². The Bertz CT molecular complexity index is 964. The van der Waals surface area contributed by atoms with E-state index in [9.17, 15) is 24.9 Å². The van der Waals surface area contributed by atoms with Crippen LogP contribution in [0.3, 0.4) is 0 Å². The number of amides is 1. The summed E-state index contributed by atoms with van der Waals surface area (Å²) >= 11 is 0. The molecular formula is C25H32N2O7. The minimum atomic E-state index is -0.740. The predicted octanol–water partition coefficient (Wildman–Crippen LogP) is 2.84. The molecule has 2 heterocycles. The number of aliphatic hydroxyl groups is 1. The van der Waals surface area contributed by atoms with E-state index < -0.39 is 23.9 Å². The zero-order chi connectivity index (χ0) is 24.5. The zero-order valence-electron chi connectivity index (χ0n) is 19.4. The van der Waals surface area contributed by atoms with E-state index in [4.69, 9.17) is 9.57 Å². The lowest BCUT2D eigenvalue weighted by atomic mass is 9.99. The molecule has 9 nitrogen and oxygen atoms in total. The molecule has 1 saturated heterocycles. The Kier molecular flexibility index (Phi) is 9.09. The minimum absolute atomic E-state index is 0.0150. The van der Waals surface area contributed by atoms with E-state index in [2.05, 4.69) is 5.16 Å². The Hall–Kier alpha value is -3.33. The lowest BCUT2D eigenvalue weighted by molar-refractivity contribution is -0.137. The molecule has 1 fully saturated rings. The molecule has 184 valence electrons. The Morgan fingerprint density at radius 2 is 1.94 bits per heavy atom. The van der Waals surface area contributed by atoms with Gasteiger partial charge in [-0.2, -0.15) is 0 Å². The summed E-state index contributed by atoms with van der Waals surface area (Å²) in [5, 5.41) is 34.6. The number of phenolic OH excluding ortho intramolecular Hbond substituents is 2. The van der Waals surface area contributed by atoms with Crippen molar-refractivity contribution < 1.29 is 34.5 Å². The van der Waals surface area contributed by atoms with Gasteiger partial charge in [-0.05, 0) is 50.3 Å². The third kappa shape index (κ3) is 7.34. The normalized spacial score (nSPS) is 23.2. The van der Waals surface area contributed by atoms with E-state index in [1.807, 2.05) is 0 Å². The number of esters is 1. The van der Waals surface area contributed by atoms with Crippen LogP contribution in [0.5, 0.6) is 11.5 Å². The quantitative estimate of drug-likeness (QED) is 0.350. The monoisotopic (exact) mass is 472 g/mol. The van der Waals surface area contributed by atoms with Crippen molar-refractivity contribution in [1.29, 1.82) is 0 Å². The van der Waals surface area contributed by atoms with Gasteiger partial charge in [0.15, 0.2) is 6.61 Å². The molecule has 2 unspecified atom stereocenters. The first kappa shape index (κ1) is 25.3. The summed E-state index contributed by atoms with van der Waals surface area (Å²) < 4.78 is 5.44. The van der Waals surface area contributed by atoms with Gasteiger partial charge in [0, 0.05) is 32.0 Å². The van der Waals surface area contributed by atoms with Gasteiger partial charge in [-0.25, -0.2) is 4.79 Å². The average molecular weight is 473 g/mol. The number of fused-ring (bicyclic) bond motifs is 1. The number of likely N-dealkylation sites (tertiary alicyclic amines) is 1. The van der Waals surface area contributed by atoms with Gasteiger partial charge >= 0.3 is 5.97 Å². The van der Waals surface area contributed by atoms with Crippen LogP contribution in [0.15, 0.2) is 41.6 Å². The van der Waals surface area contributed by atoms with Crippen molar-refractivity contribution in [2.24, 2.45) is 5.16 Å². The number of nitrogens with zero attached hydrogens (tertiary/aromatic N) is 2. The average Bonchev–Trinajstić information content (AvgIpc) is 2.78. The SMILES string of the molecule is CC1CC=CC(O)CC=CC(=NOCC(=O)N2CCCCC2)Cc2cc(O)cc(O)c2C(=O)O1. The Labute approximate surface area is 199 Å². The minimum Gasteiger partial charge on any atom is -0.508 e.